The van der Waals surface area contributed by atoms with Crippen LogP contribution < -0.4 is 4.74 Å². The van der Waals surface area contributed by atoms with Crippen molar-refractivity contribution in [3.05, 3.63) is 47.2 Å². The van der Waals surface area contributed by atoms with Gasteiger partial charge < -0.3 is 9.84 Å². The predicted molar refractivity (Wildman–Crippen MR) is 65.1 cm³/mol. The average molecular weight is 253 g/mol. The molecule has 17 heavy (non-hydrogen) atoms. The Kier molecular flexibility index (Phi) is 3.20. The highest BCUT2D eigenvalue weighted by Crippen LogP contribution is 2.31. The molecule has 0 saturated heterocycles. The van der Waals surface area contributed by atoms with Crippen LogP contribution in [0.3, 0.4) is 0 Å². The van der Waals surface area contributed by atoms with Crippen LogP contribution in [0.25, 0.3) is 11.1 Å². The maximum Gasteiger partial charge on any atom is 0.165 e. The van der Waals surface area contributed by atoms with E-state index in [1.54, 1.807) is 24.3 Å². The Labute approximate surface area is 103 Å². The molecule has 4 heteroatoms. The third kappa shape index (κ3) is 2.34. The van der Waals surface area contributed by atoms with E-state index in [1.165, 1.54) is 19.2 Å². The van der Waals surface area contributed by atoms with Gasteiger partial charge in [0.2, 0.25) is 0 Å². The van der Waals surface area contributed by atoms with Crippen LogP contribution in [-0.4, -0.2) is 12.2 Å². The lowest BCUT2D eigenvalue weighted by Gasteiger charge is -2.07. The number of methoxy groups -OCH3 is 1. The van der Waals surface area contributed by atoms with E-state index in [1.807, 2.05) is 0 Å². The zero-order chi connectivity index (χ0) is 12.4. The van der Waals surface area contributed by atoms with E-state index in [0.29, 0.717) is 16.3 Å². The molecule has 0 atom stereocenters. The van der Waals surface area contributed by atoms with E-state index in [0.717, 1.165) is 5.56 Å². The van der Waals surface area contributed by atoms with Gasteiger partial charge >= 0.3 is 0 Å². The monoisotopic (exact) mass is 252 g/mol. The molecule has 0 aliphatic carbocycles. The van der Waals surface area contributed by atoms with Crippen LogP contribution in [-0.2, 0) is 0 Å². The Morgan fingerprint density at radius 2 is 1.76 bits per heavy atom. The number of ether oxygens (including phenoxy) is 1. The van der Waals surface area contributed by atoms with Gasteiger partial charge in [-0.3, -0.25) is 0 Å². The molecule has 0 unspecified atom stereocenters. The van der Waals surface area contributed by atoms with Crippen LogP contribution in [0.4, 0.5) is 4.39 Å². The number of halogens is 2. The number of hydrogen-bond donors (Lipinski definition) is 1. The fourth-order valence-corrected chi connectivity index (χ4v) is 1.72. The van der Waals surface area contributed by atoms with E-state index in [2.05, 4.69) is 0 Å². The molecule has 0 heterocycles. The van der Waals surface area contributed by atoms with Crippen molar-refractivity contribution in [1.82, 2.24) is 0 Å². The zero-order valence-corrected chi connectivity index (χ0v) is 9.83. The van der Waals surface area contributed by atoms with Crippen molar-refractivity contribution in [2.75, 3.05) is 7.11 Å². The van der Waals surface area contributed by atoms with Crippen molar-refractivity contribution >= 4 is 11.6 Å². The maximum atomic E-state index is 13.2. The smallest absolute Gasteiger partial charge is 0.165 e. The second kappa shape index (κ2) is 4.63. The molecule has 0 aliphatic rings. The average Bonchev–Trinajstić information content (AvgIpc) is 2.33. The molecular weight excluding hydrogens is 243 g/mol. The second-order valence-electron chi connectivity index (χ2n) is 3.52. The van der Waals surface area contributed by atoms with Gasteiger partial charge in [0.25, 0.3) is 0 Å². The highest BCUT2D eigenvalue weighted by molar-refractivity contribution is 6.32. The fraction of sp³-hybridized carbons (Fsp3) is 0.0769. The summed E-state index contributed by atoms with van der Waals surface area (Å²) in [5.74, 6) is -0.497. The number of aromatic hydroxyl groups is 1. The summed E-state index contributed by atoms with van der Waals surface area (Å²) in [5, 5.41) is 9.61. The van der Waals surface area contributed by atoms with Crippen molar-refractivity contribution in [2.45, 2.75) is 0 Å². The largest absolute Gasteiger partial charge is 0.505 e. The lowest BCUT2D eigenvalue weighted by atomic mass is 10.1. The molecule has 0 fully saturated rings. The molecule has 2 nitrogen and oxygen atoms in total. The third-order valence-electron chi connectivity index (χ3n) is 2.43. The van der Waals surface area contributed by atoms with Gasteiger partial charge in [-0.1, -0.05) is 23.7 Å². The van der Waals surface area contributed by atoms with Gasteiger partial charge in [0.15, 0.2) is 11.6 Å². The highest BCUT2D eigenvalue weighted by Gasteiger charge is 2.06. The molecule has 1 N–H and O–H groups in total. The minimum absolute atomic E-state index is 0.366. The summed E-state index contributed by atoms with van der Waals surface area (Å²) in [5.41, 5.74) is 1.42. The van der Waals surface area contributed by atoms with Gasteiger partial charge in [-0.2, -0.15) is 0 Å². The summed E-state index contributed by atoms with van der Waals surface area (Å²) in [4.78, 5) is 0. The summed E-state index contributed by atoms with van der Waals surface area (Å²) in [6.07, 6.45) is 0. The van der Waals surface area contributed by atoms with Gasteiger partial charge in [0.1, 0.15) is 5.75 Å². The van der Waals surface area contributed by atoms with Crippen LogP contribution in [0.1, 0.15) is 0 Å². The summed E-state index contributed by atoms with van der Waals surface area (Å²) in [6.45, 7) is 0. The van der Waals surface area contributed by atoms with E-state index in [4.69, 9.17) is 21.4 Å². The van der Waals surface area contributed by atoms with Crippen molar-refractivity contribution in [3.8, 4) is 22.6 Å². The standard InChI is InChI=1S/C13H10ClFO2/c1-17-13-7-9(2-4-10(13)14)8-3-5-12(16)11(15)6-8/h2-7,16H,1H3. The minimum Gasteiger partial charge on any atom is -0.505 e. The van der Waals surface area contributed by atoms with Crippen molar-refractivity contribution < 1.29 is 14.2 Å². The van der Waals surface area contributed by atoms with E-state index in [-0.39, 0.29) is 5.75 Å². The van der Waals surface area contributed by atoms with E-state index < -0.39 is 5.82 Å². The topological polar surface area (TPSA) is 29.5 Å². The summed E-state index contributed by atoms with van der Waals surface area (Å²) in [7, 11) is 1.52. The SMILES string of the molecule is COc1cc(-c2ccc(O)c(F)c2)ccc1Cl. The third-order valence-corrected chi connectivity index (χ3v) is 2.74. The molecular formula is C13H10ClFO2. The number of phenolic OH excluding ortho intramolecular Hbond substituents is 1. The zero-order valence-electron chi connectivity index (χ0n) is 9.08. The van der Waals surface area contributed by atoms with E-state index >= 15 is 0 Å². The first-order chi connectivity index (χ1) is 8.11. The Morgan fingerprint density at radius 1 is 1.12 bits per heavy atom. The molecule has 0 amide bonds. The normalized spacial score (nSPS) is 10.3. The summed E-state index contributed by atoms with van der Waals surface area (Å²) < 4.78 is 18.3. The molecule has 2 aromatic rings. The van der Waals surface area contributed by atoms with Crippen LogP contribution in [0.15, 0.2) is 36.4 Å². The minimum atomic E-state index is -0.656. The van der Waals surface area contributed by atoms with Crippen LogP contribution >= 0.6 is 11.6 Å². The lowest BCUT2D eigenvalue weighted by Crippen LogP contribution is -1.86. The Morgan fingerprint density at radius 3 is 2.41 bits per heavy atom. The number of phenols is 1. The number of rotatable bonds is 2. The Bertz CT molecular complexity index is 555. The number of benzene rings is 2. The second-order valence-corrected chi connectivity index (χ2v) is 3.92. The van der Waals surface area contributed by atoms with Gasteiger partial charge in [-0.25, -0.2) is 4.39 Å². The number of hydrogen-bond acceptors (Lipinski definition) is 2. The van der Waals surface area contributed by atoms with Crippen molar-refractivity contribution in [1.29, 1.82) is 0 Å². The van der Waals surface area contributed by atoms with Crippen molar-refractivity contribution in [2.24, 2.45) is 0 Å². The molecule has 0 aromatic heterocycles. The van der Waals surface area contributed by atoms with Crippen LogP contribution in [0, 0.1) is 5.82 Å². The predicted octanol–water partition coefficient (Wildman–Crippen LogP) is 3.86. The van der Waals surface area contributed by atoms with Crippen molar-refractivity contribution in [3.63, 3.8) is 0 Å². The van der Waals surface area contributed by atoms with Gasteiger partial charge in [-0.15, -0.1) is 0 Å². The molecule has 0 saturated carbocycles. The fourth-order valence-electron chi connectivity index (χ4n) is 1.53. The van der Waals surface area contributed by atoms with Gasteiger partial charge in [0, 0.05) is 0 Å². The maximum absolute atomic E-state index is 13.2. The first-order valence-corrected chi connectivity index (χ1v) is 5.32. The highest BCUT2D eigenvalue weighted by atomic mass is 35.5. The Balaban J connectivity index is 2.49. The van der Waals surface area contributed by atoms with Gasteiger partial charge in [-0.05, 0) is 35.4 Å². The molecule has 2 rings (SSSR count). The van der Waals surface area contributed by atoms with Gasteiger partial charge in [0.05, 0.1) is 12.1 Å². The lowest BCUT2D eigenvalue weighted by molar-refractivity contribution is 0.415. The molecule has 0 bridgehead atoms. The molecule has 0 aliphatic heterocycles. The first kappa shape index (κ1) is 11.7. The van der Waals surface area contributed by atoms with E-state index in [9.17, 15) is 4.39 Å². The molecule has 0 radical (unpaired) electrons. The van der Waals surface area contributed by atoms with Crippen LogP contribution in [0.5, 0.6) is 11.5 Å². The molecule has 2 aromatic carbocycles. The summed E-state index contributed by atoms with van der Waals surface area (Å²) in [6, 6.07) is 9.36. The first-order valence-electron chi connectivity index (χ1n) is 4.94. The Hall–Kier alpha value is -1.74. The summed E-state index contributed by atoms with van der Waals surface area (Å²) >= 11 is 5.90. The van der Waals surface area contributed by atoms with Crippen LogP contribution in [0.2, 0.25) is 5.02 Å². The molecule has 88 valence electrons. The molecule has 0 spiro atoms. The quantitative estimate of drug-likeness (QED) is 0.879.